The molecule has 0 saturated carbocycles. The molecule has 0 spiro atoms. The summed E-state index contributed by atoms with van der Waals surface area (Å²) < 4.78 is 2.23. The fraction of sp³-hybridized carbons (Fsp3) is 0.333. The van der Waals surface area contributed by atoms with E-state index in [1.165, 1.54) is 11.3 Å². The smallest absolute Gasteiger partial charge is 0.187 e. The highest BCUT2D eigenvalue weighted by Crippen LogP contribution is 2.37. The van der Waals surface area contributed by atoms with E-state index in [1.807, 2.05) is 12.5 Å². The van der Waals surface area contributed by atoms with Crippen molar-refractivity contribution in [3.05, 3.63) is 53.9 Å². The van der Waals surface area contributed by atoms with E-state index in [2.05, 4.69) is 71.8 Å². The van der Waals surface area contributed by atoms with Crippen LogP contribution in [-0.2, 0) is 12.5 Å². The highest BCUT2D eigenvalue weighted by molar-refractivity contribution is 7.98. The zero-order valence-electron chi connectivity index (χ0n) is 13.5. The van der Waals surface area contributed by atoms with Crippen molar-refractivity contribution in [1.82, 2.24) is 14.5 Å². The standard InChI is InChI=1S/C18H21N3S/c1-5-18(2,13-9-7-6-8-10-13)16-11-14-15(21(16)3)12-19-17(20-14)22-4/h6-12H,5H2,1-4H3. The molecule has 0 aliphatic carbocycles. The van der Waals surface area contributed by atoms with E-state index >= 15 is 0 Å². The second-order valence-corrected chi connectivity index (χ2v) is 6.54. The summed E-state index contributed by atoms with van der Waals surface area (Å²) in [5.41, 5.74) is 4.69. The molecule has 0 aliphatic rings. The zero-order valence-corrected chi connectivity index (χ0v) is 14.3. The minimum atomic E-state index is -0.0315. The van der Waals surface area contributed by atoms with Gasteiger partial charge in [-0.1, -0.05) is 49.0 Å². The number of rotatable bonds is 4. The Balaban J connectivity index is 2.21. The van der Waals surface area contributed by atoms with E-state index in [0.29, 0.717) is 0 Å². The molecule has 0 amide bonds. The van der Waals surface area contributed by atoms with Gasteiger partial charge in [-0.15, -0.1) is 0 Å². The molecule has 3 nitrogen and oxygen atoms in total. The topological polar surface area (TPSA) is 30.7 Å². The second kappa shape index (κ2) is 5.76. The summed E-state index contributed by atoms with van der Waals surface area (Å²) in [5, 5.41) is 0.822. The summed E-state index contributed by atoms with van der Waals surface area (Å²) in [6.07, 6.45) is 4.97. The molecule has 1 unspecified atom stereocenters. The Kier molecular flexibility index (Phi) is 3.96. The molecule has 0 radical (unpaired) electrons. The molecule has 1 atom stereocenters. The van der Waals surface area contributed by atoms with Crippen LogP contribution < -0.4 is 0 Å². The first-order valence-electron chi connectivity index (χ1n) is 7.52. The van der Waals surface area contributed by atoms with E-state index in [4.69, 9.17) is 0 Å². The van der Waals surface area contributed by atoms with Gasteiger partial charge in [-0.2, -0.15) is 0 Å². The first-order valence-corrected chi connectivity index (χ1v) is 8.75. The predicted molar refractivity (Wildman–Crippen MR) is 93.5 cm³/mol. The molecule has 3 rings (SSSR count). The van der Waals surface area contributed by atoms with Gasteiger partial charge < -0.3 is 4.57 Å². The summed E-state index contributed by atoms with van der Waals surface area (Å²) >= 11 is 1.58. The van der Waals surface area contributed by atoms with Crippen LogP contribution in [0.1, 0.15) is 31.5 Å². The number of thioether (sulfide) groups is 1. The molecule has 0 bridgehead atoms. The third-order valence-corrected chi connectivity index (χ3v) is 5.20. The molecule has 22 heavy (non-hydrogen) atoms. The molecule has 0 N–H and O–H groups in total. The zero-order chi connectivity index (χ0) is 15.7. The number of benzene rings is 1. The maximum Gasteiger partial charge on any atom is 0.187 e. The van der Waals surface area contributed by atoms with Crippen LogP contribution in [0.3, 0.4) is 0 Å². The molecule has 1 aromatic carbocycles. The minimum Gasteiger partial charge on any atom is -0.344 e. The molecule has 2 heterocycles. The van der Waals surface area contributed by atoms with Crippen LogP contribution in [0.4, 0.5) is 0 Å². The minimum absolute atomic E-state index is 0.0315. The highest BCUT2D eigenvalue weighted by Gasteiger charge is 2.30. The molecule has 2 aromatic heterocycles. The van der Waals surface area contributed by atoms with Gasteiger partial charge in [0.25, 0.3) is 0 Å². The molecular weight excluding hydrogens is 290 g/mol. The van der Waals surface area contributed by atoms with E-state index in [9.17, 15) is 0 Å². The molecular formula is C18H21N3S. The van der Waals surface area contributed by atoms with E-state index < -0.39 is 0 Å². The third-order valence-electron chi connectivity index (χ3n) is 4.64. The fourth-order valence-corrected chi connectivity index (χ4v) is 3.41. The number of fused-ring (bicyclic) bond motifs is 1. The van der Waals surface area contributed by atoms with Crippen LogP contribution in [0.2, 0.25) is 0 Å². The number of hydrogen-bond donors (Lipinski definition) is 0. The average molecular weight is 311 g/mol. The van der Waals surface area contributed by atoms with Crippen LogP contribution in [0.15, 0.2) is 47.8 Å². The molecule has 0 saturated heterocycles. The van der Waals surface area contributed by atoms with Crippen molar-refractivity contribution in [2.45, 2.75) is 30.8 Å². The molecule has 114 valence electrons. The fourth-order valence-electron chi connectivity index (χ4n) is 3.06. The van der Waals surface area contributed by atoms with E-state index in [0.717, 1.165) is 22.6 Å². The Labute approximate surface area is 135 Å². The van der Waals surface area contributed by atoms with Crippen molar-refractivity contribution in [2.24, 2.45) is 7.05 Å². The van der Waals surface area contributed by atoms with Crippen molar-refractivity contribution in [3.8, 4) is 0 Å². The van der Waals surface area contributed by atoms with Crippen LogP contribution in [0, 0.1) is 0 Å². The van der Waals surface area contributed by atoms with Crippen molar-refractivity contribution < 1.29 is 0 Å². The van der Waals surface area contributed by atoms with Gasteiger partial charge in [-0.25, -0.2) is 9.97 Å². The summed E-state index contributed by atoms with van der Waals surface area (Å²) in [4.78, 5) is 9.06. The van der Waals surface area contributed by atoms with Crippen LogP contribution in [0.5, 0.6) is 0 Å². The summed E-state index contributed by atoms with van der Waals surface area (Å²) in [5.74, 6) is 0. The largest absolute Gasteiger partial charge is 0.344 e. The van der Waals surface area contributed by atoms with Gasteiger partial charge in [-0.05, 0) is 31.2 Å². The number of aryl methyl sites for hydroxylation is 1. The van der Waals surface area contributed by atoms with Gasteiger partial charge in [0.15, 0.2) is 5.16 Å². The van der Waals surface area contributed by atoms with Gasteiger partial charge in [0, 0.05) is 18.2 Å². The Morgan fingerprint density at radius 3 is 2.59 bits per heavy atom. The van der Waals surface area contributed by atoms with E-state index in [1.54, 1.807) is 11.8 Å². The Morgan fingerprint density at radius 1 is 1.23 bits per heavy atom. The van der Waals surface area contributed by atoms with Crippen molar-refractivity contribution in [1.29, 1.82) is 0 Å². The summed E-state index contributed by atoms with van der Waals surface area (Å²) in [7, 11) is 2.11. The third kappa shape index (κ3) is 2.31. The summed E-state index contributed by atoms with van der Waals surface area (Å²) in [6.45, 7) is 4.54. The van der Waals surface area contributed by atoms with Gasteiger partial charge >= 0.3 is 0 Å². The van der Waals surface area contributed by atoms with Crippen molar-refractivity contribution in [3.63, 3.8) is 0 Å². The lowest BCUT2D eigenvalue weighted by molar-refractivity contribution is 0.515. The maximum absolute atomic E-state index is 4.65. The van der Waals surface area contributed by atoms with Gasteiger partial charge in [0.2, 0.25) is 0 Å². The molecule has 0 fully saturated rings. The average Bonchev–Trinajstić information content (AvgIpc) is 2.91. The van der Waals surface area contributed by atoms with Gasteiger partial charge in [0.1, 0.15) is 0 Å². The maximum atomic E-state index is 4.65. The lowest BCUT2D eigenvalue weighted by Gasteiger charge is -2.30. The van der Waals surface area contributed by atoms with Gasteiger partial charge in [-0.3, -0.25) is 0 Å². The number of nitrogens with zero attached hydrogens (tertiary/aromatic N) is 3. The van der Waals surface area contributed by atoms with E-state index in [-0.39, 0.29) is 5.41 Å². The molecule has 0 aliphatic heterocycles. The summed E-state index contributed by atoms with van der Waals surface area (Å²) in [6, 6.07) is 12.9. The first kappa shape index (κ1) is 15.1. The Hall–Kier alpha value is -1.81. The first-order chi connectivity index (χ1) is 10.6. The van der Waals surface area contributed by atoms with Crippen molar-refractivity contribution >= 4 is 22.8 Å². The lowest BCUT2D eigenvalue weighted by atomic mass is 9.77. The highest BCUT2D eigenvalue weighted by atomic mass is 32.2. The predicted octanol–water partition coefficient (Wildman–Crippen LogP) is 4.41. The van der Waals surface area contributed by atoms with Crippen LogP contribution in [0.25, 0.3) is 11.0 Å². The van der Waals surface area contributed by atoms with Crippen LogP contribution >= 0.6 is 11.8 Å². The van der Waals surface area contributed by atoms with Crippen LogP contribution in [-0.4, -0.2) is 20.8 Å². The van der Waals surface area contributed by atoms with Gasteiger partial charge in [0.05, 0.1) is 17.2 Å². The lowest BCUT2D eigenvalue weighted by Crippen LogP contribution is -2.25. The SMILES string of the molecule is CCC(C)(c1ccccc1)c1cc2nc(SC)ncc2n1C. The molecule has 4 heteroatoms. The monoisotopic (exact) mass is 311 g/mol. The number of hydrogen-bond acceptors (Lipinski definition) is 3. The Bertz CT molecular complexity index is 795. The van der Waals surface area contributed by atoms with Crippen molar-refractivity contribution in [2.75, 3.05) is 6.26 Å². The second-order valence-electron chi connectivity index (χ2n) is 5.77. The molecule has 3 aromatic rings. The number of aromatic nitrogens is 3. The quantitative estimate of drug-likeness (QED) is 0.528. The Morgan fingerprint density at radius 2 is 1.95 bits per heavy atom. The normalized spacial score (nSPS) is 14.2.